The van der Waals surface area contributed by atoms with Gasteiger partial charge in [0.15, 0.2) is 6.61 Å². The Morgan fingerprint density at radius 1 is 1.17 bits per heavy atom. The first kappa shape index (κ1) is 21.9. The fourth-order valence-corrected chi connectivity index (χ4v) is 3.24. The molecule has 3 rings (SSSR count). The van der Waals surface area contributed by atoms with Gasteiger partial charge in [0.25, 0.3) is 5.91 Å². The lowest BCUT2D eigenvalue weighted by molar-refractivity contribution is -0.123. The van der Waals surface area contributed by atoms with Crippen LogP contribution in [0.5, 0.6) is 5.75 Å². The summed E-state index contributed by atoms with van der Waals surface area (Å²) in [7, 11) is 0. The third-order valence-electron chi connectivity index (χ3n) is 4.64. The van der Waals surface area contributed by atoms with Crippen molar-refractivity contribution in [1.29, 1.82) is 0 Å². The van der Waals surface area contributed by atoms with Gasteiger partial charge in [-0.05, 0) is 60.4 Å². The van der Waals surface area contributed by atoms with Crippen molar-refractivity contribution in [3.05, 3.63) is 76.0 Å². The van der Waals surface area contributed by atoms with Gasteiger partial charge in [-0.15, -0.1) is 0 Å². The molecule has 0 bridgehead atoms. The highest BCUT2D eigenvalue weighted by atomic mass is 35.5. The number of hydrazone groups is 1. The summed E-state index contributed by atoms with van der Waals surface area (Å²) in [6.07, 6.45) is 2.48. The van der Waals surface area contributed by atoms with Gasteiger partial charge in [-0.25, -0.2) is 5.43 Å². The van der Waals surface area contributed by atoms with Crippen LogP contribution in [0.3, 0.4) is 0 Å². The average molecular weight is 445 g/mol. The molecule has 0 unspecified atom stereocenters. The van der Waals surface area contributed by atoms with E-state index in [-0.39, 0.29) is 12.5 Å². The minimum absolute atomic E-state index is 0.135. The van der Waals surface area contributed by atoms with E-state index in [4.69, 9.17) is 32.4 Å². The molecule has 0 fully saturated rings. The molecule has 1 amide bonds. The van der Waals surface area contributed by atoms with Crippen LogP contribution in [0.1, 0.15) is 37.5 Å². The van der Waals surface area contributed by atoms with Crippen LogP contribution in [0.15, 0.2) is 64.1 Å². The van der Waals surface area contributed by atoms with Gasteiger partial charge in [0, 0.05) is 10.6 Å². The maximum atomic E-state index is 11.9. The highest BCUT2D eigenvalue weighted by Gasteiger charge is 2.09. The van der Waals surface area contributed by atoms with Gasteiger partial charge >= 0.3 is 0 Å². The predicted molar refractivity (Wildman–Crippen MR) is 121 cm³/mol. The van der Waals surface area contributed by atoms with Crippen molar-refractivity contribution in [3.63, 3.8) is 0 Å². The quantitative estimate of drug-likeness (QED) is 0.327. The molecule has 1 atom stereocenters. The van der Waals surface area contributed by atoms with Gasteiger partial charge < -0.3 is 9.15 Å². The van der Waals surface area contributed by atoms with E-state index in [0.29, 0.717) is 33.2 Å². The van der Waals surface area contributed by atoms with Crippen molar-refractivity contribution in [2.45, 2.75) is 26.2 Å². The molecular formula is C23H22Cl2N2O3. The van der Waals surface area contributed by atoms with Crippen molar-refractivity contribution < 1.29 is 13.9 Å². The van der Waals surface area contributed by atoms with Crippen LogP contribution >= 0.6 is 23.2 Å². The summed E-state index contributed by atoms with van der Waals surface area (Å²) in [5.41, 5.74) is 4.38. The van der Waals surface area contributed by atoms with Crippen LogP contribution in [-0.2, 0) is 4.79 Å². The Hall–Kier alpha value is -2.76. The summed E-state index contributed by atoms with van der Waals surface area (Å²) < 4.78 is 11.2. The van der Waals surface area contributed by atoms with Crippen LogP contribution in [0.25, 0.3) is 11.3 Å². The standard InChI is InChI=1S/C23H22Cl2N2O3/c1-3-15(2)16-4-7-18(8-5-16)29-14-23(28)27-26-13-19-9-11-22(30-19)20-10-6-17(24)12-21(20)25/h4-13,15H,3,14H2,1-2H3,(H,27,28)/b26-13-/t15-/m0/s1. The maximum absolute atomic E-state index is 11.9. The number of amides is 1. The molecule has 0 radical (unpaired) electrons. The number of ether oxygens (including phenoxy) is 1. The molecule has 7 heteroatoms. The van der Waals surface area contributed by atoms with Crippen molar-refractivity contribution in [2.24, 2.45) is 5.10 Å². The summed E-state index contributed by atoms with van der Waals surface area (Å²) in [4.78, 5) is 11.9. The summed E-state index contributed by atoms with van der Waals surface area (Å²) in [5.74, 6) is 1.81. The monoisotopic (exact) mass is 444 g/mol. The van der Waals surface area contributed by atoms with E-state index in [1.165, 1.54) is 11.8 Å². The van der Waals surface area contributed by atoms with Crippen molar-refractivity contribution in [3.8, 4) is 17.1 Å². The fourth-order valence-electron chi connectivity index (χ4n) is 2.73. The molecule has 3 aromatic rings. The number of rotatable bonds is 8. The Morgan fingerprint density at radius 3 is 2.63 bits per heavy atom. The van der Waals surface area contributed by atoms with E-state index < -0.39 is 0 Å². The van der Waals surface area contributed by atoms with E-state index in [1.807, 2.05) is 24.3 Å². The molecule has 1 N–H and O–H groups in total. The van der Waals surface area contributed by atoms with Gasteiger partial charge in [-0.3, -0.25) is 4.79 Å². The molecule has 1 heterocycles. The Kier molecular flexibility index (Phi) is 7.55. The first-order valence-electron chi connectivity index (χ1n) is 9.56. The number of hydrogen-bond donors (Lipinski definition) is 1. The van der Waals surface area contributed by atoms with Crippen molar-refractivity contribution >= 4 is 35.3 Å². The number of halogens is 2. The number of carbonyl (C=O) groups is 1. The Morgan fingerprint density at radius 2 is 1.93 bits per heavy atom. The molecule has 0 aliphatic carbocycles. The summed E-state index contributed by atoms with van der Waals surface area (Å²) >= 11 is 12.1. The molecule has 0 saturated heterocycles. The second kappa shape index (κ2) is 10.3. The normalized spacial score (nSPS) is 12.1. The molecule has 1 aromatic heterocycles. The lowest BCUT2D eigenvalue weighted by Crippen LogP contribution is -2.24. The second-order valence-corrected chi connectivity index (χ2v) is 7.63. The van der Waals surface area contributed by atoms with Crippen LogP contribution in [0, 0.1) is 0 Å². The van der Waals surface area contributed by atoms with Gasteiger partial charge in [0.1, 0.15) is 17.3 Å². The molecule has 156 valence electrons. The number of hydrogen-bond acceptors (Lipinski definition) is 4. The van der Waals surface area contributed by atoms with Gasteiger partial charge in [0.05, 0.1) is 11.2 Å². The molecule has 0 spiro atoms. The second-order valence-electron chi connectivity index (χ2n) is 6.79. The third kappa shape index (κ3) is 5.88. The number of carbonyl (C=O) groups excluding carboxylic acids is 1. The molecule has 0 aliphatic rings. The van der Waals surface area contributed by atoms with Crippen molar-refractivity contribution in [2.75, 3.05) is 6.61 Å². The first-order valence-corrected chi connectivity index (χ1v) is 10.3. The number of nitrogens with one attached hydrogen (secondary N) is 1. The molecule has 0 aliphatic heterocycles. The highest BCUT2D eigenvalue weighted by Crippen LogP contribution is 2.31. The van der Waals surface area contributed by atoms with E-state index >= 15 is 0 Å². The largest absolute Gasteiger partial charge is 0.484 e. The average Bonchev–Trinajstić information content (AvgIpc) is 3.20. The number of nitrogens with zero attached hydrogens (tertiary/aromatic N) is 1. The Bertz CT molecular complexity index is 1030. The highest BCUT2D eigenvalue weighted by molar-refractivity contribution is 6.36. The zero-order valence-electron chi connectivity index (χ0n) is 16.7. The Labute approximate surface area is 185 Å². The molecular weight excluding hydrogens is 423 g/mol. The summed E-state index contributed by atoms with van der Waals surface area (Å²) in [6.45, 7) is 4.19. The minimum Gasteiger partial charge on any atom is -0.484 e. The van der Waals surface area contributed by atoms with Crippen molar-refractivity contribution in [1.82, 2.24) is 5.43 Å². The van der Waals surface area contributed by atoms with Gasteiger partial charge in [0.2, 0.25) is 0 Å². The third-order valence-corrected chi connectivity index (χ3v) is 5.18. The molecule has 2 aromatic carbocycles. The van der Waals surface area contributed by atoms with Crippen LogP contribution in [-0.4, -0.2) is 18.7 Å². The predicted octanol–water partition coefficient (Wildman–Crippen LogP) is 6.30. The molecule has 5 nitrogen and oxygen atoms in total. The van der Waals surface area contributed by atoms with Crippen LogP contribution in [0.2, 0.25) is 10.0 Å². The number of furan rings is 1. The molecule has 30 heavy (non-hydrogen) atoms. The van der Waals surface area contributed by atoms with Gasteiger partial charge in [-0.1, -0.05) is 49.2 Å². The summed E-state index contributed by atoms with van der Waals surface area (Å²) in [5, 5.41) is 4.93. The van der Waals surface area contributed by atoms with E-state index in [2.05, 4.69) is 24.4 Å². The Balaban J connectivity index is 1.49. The maximum Gasteiger partial charge on any atom is 0.277 e. The smallest absolute Gasteiger partial charge is 0.277 e. The van der Waals surface area contributed by atoms with Crippen LogP contribution in [0.4, 0.5) is 0 Å². The van der Waals surface area contributed by atoms with Gasteiger partial charge in [-0.2, -0.15) is 5.10 Å². The van der Waals surface area contributed by atoms with Crippen LogP contribution < -0.4 is 10.2 Å². The molecule has 0 saturated carbocycles. The topological polar surface area (TPSA) is 63.8 Å². The van der Waals surface area contributed by atoms with E-state index in [0.717, 1.165) is 12.0 Å². The SMILES string of the molecule is CC[C@H](C)c1ccc(OCC(=O)N/N=C\c2ccc(-c3ccc(Cl)cc3Cl)o2)cc1. The zero-order valence-corrected chi connectivity index (χ0v) is 18.2. The minimum atomic E-state index is -0.371. The fraction of sp³-hybridized carbons (Fsp3) is 0.217. The van der Waals surface area contributed by atoms with E-state index in [1.54, 1.807) is 30.3 Å². The first-order chi connectivity index (χ1) is 14.5. The zero-order chi connectivity index (χ0) is 21.5. The van der Waals surface area contributed by atoms with E-state index in [9.17, 15) is 4.79 Å². The lowest BCUT2D eigenvalue weighted by atomic mass is 9.99. The summed E-state index contributed by atoms with van der Waals surface area (Å²) in [6, 6.07) is 16.4. The lowest BCUT2D eigenvalue weighted by Gasteiger charge is -2.10. The number of benzene rings is 2.